The maximum Gasteiger partial charge on any atom is 0.230 e. The predicted molar refractivity (Wildman–Crippen MR) is 81.7 cm³/mol. The lowest BCUT2D eigenvalue weighted by molar-refractivity contribution is -0.123. The van der Waals surface area contributed by atoms with Crippen LogP contribution < -0.4 is 10.6 Å². The van der Waals surface area contributed by atoms with Crippen molar-refractivity contribution in [3.05, 3.63) is 23.8 Å². The van der Waals surface area contributed by atoms with Gasteiger partial charge in [-0.3, -0.25) is 4.79 Å². The van der Waals surface area contributed by atoms with Crippen molar-refractivity contribution in [2.24, 2.45) is 5.92 Å². The second kappa shape index (κ2) is 5.44. The molecule has 0 saturated carbocycles. The van der Waals surface area contributed by atoms with Crippen LogP contribution in [-0.2, 0) is 11.2 Å². The van der Waals surface area contributed by atoms with Gasteiger partial charge in [-0.15, -0.1) is 0 Å². The van der Waals surface area contributed by atoms with Crippen molar-refractivity contribution in [1.29, 1.82) is 0 Å². The summed E-state index contributed by atoms with van der Waals surface area (Å²) in [5.41, 5.74) is 9.07. The summed E-state index contributed by atoms with van der Waals surface area (Å²) in [4.78, 5) is 17.1. The predicted octanol–water partition coefficient (Wildman–Crippen LogP) is 1.89. The monoisotopic (exact) mass is 273 g/mol. The minimum Gasteiger partial charge on any atom is -0.398 e. The number of likely N-dealkylation sites (tertiary alicyclic amines) is 1. The van der Waals surface area contributed by atoms with E-state index in [2.05, 4.69) is 11.9 Å². The molecule has 1 saturated heterocycles. The first-order valence-corrected chi connectivity index (χ1v) is 7.54. The third kappa shape index (κ3) is 2.40. The average Bonchev–Trinajstić information content (AvgIpc) is 2.47. The SMILES string of the molecule is CN1CCC(C(=O)N2CCCc3c(N)cccc32)CC1. The zero-order valence-corrected chi connectivity index (χ0v) is 12.1. The van der Waals surface area contributed by atoms with Gasteiger partial charge >= 0.3 is 0 Å². The Labute approximate surface area is 120 Å². The third-order valence-electron chi connectivity index (χ3n) is 4.62. The van der Waals surface area contributed by atoms with Crippen molar-refractivity contribution < 1.29 is 4.79 Å². The fourth-order valence-corrected chi connectivity index (χ4v) is 3.36. The molecule has 0 bridgehead atoms. The molecule has 108 valence electrons. The van der Waals surface area contributed by atoms with Crippen LogP contribution in [0.1, 0.15) is 24.8 Å². The van der Waals surface area contributed by atoms with Gasteiger partial charge in [0.15, 0.2) is 0 Å². The van der Waals surface area contributed by atoms with Crippen LogP contribution in [0.2, 0.25) is 0 Å². The molecule has 0 spiro atoms. The van der Waals surface area contributed by atoms with E-state index in [1.54, 1.807) is 0 Å². The minimum atomic E-state index is 0.179. The maximum absolute atomic E-state index is 12.8. The summed E-state index contributed by atoms with van der Waals surface area (Å²) in [6.45, 7) is 2.88. The van der Waals surface area contributed by atoms with E-state index in [9.17, 15) is 4.79 Å². The number of amides is 1. The number of nitrogens with two attached hydrogens (primary N) is 1. The van der Waals surface area contributed by atoms with Gasteiger partial charge in [0.1, 0.15) is 0 Å². The molecule has 0 atom stereocenters. The largest absolute Gasteiger partial charge is 0.398 e. The van der Waals surface area contributed by atoms with E-state index in [4.69, 9.17) is 5.73 Å². The van der Waals surface area contributed by atoms with E-state index in [1.807, 2.05) is 23.1 Å². The van der Waals surface area contributed by atoms with Crippen molar-refractivity contribution in [1.82, 2.24) is 4.90 Å². The molecule has 1 amide bonds. The zero-order chi connectivity index (χ0) is 14.1. The normalized spacial score (nSPS) is 20.8. The molecular formula is C16H23N3O. The quantitative estimate of drug-likeness (QED) is 0.795. The lowest BCUT2D eigenvalue weighted by Gasteiger charge is -2.35. The van der Waals surface area contributed by atoms with Gasteiger partial charge in [0.05, 0.1) is 0 Å². The molecule has 0 aliphatic carbocycles. The molecule has 2 aliphatic rings. The number of anilines is 2. The van der Waals surface area contributed by atoms with E-state index in [-0.39, 0.29) is 5.92 Å². The van der Waals surface area contributed by atoms with Crippen molar-refractivity contribution in [3.63, 3.8) is 0 Å². The Hall–Kier alpha value is -1.55. The third-order valence-corrected chi connectivity index (χ3v) is 4.62. The van der Waals surface area contributed by atoms with Crippen LogP contribution in [0, 0.1) is 5.92 Å². The molecule has 0 aromatic heterocycles. The summed E-state index contributed by atoms with van der Waals surface area (Å²) in [5, 5.41) is 0. The number of hydrogen-bond donors (Lipinski definition) is 1. The van der Waals surface area contributed by atoms with Gasteiger partial charge in [0.2, 0.25) is 5.91 Å². The Morgan fingerprint density at radius 3 is 2.75 bits per heavy atom. The van der Waals surface area contributed by atoms with E-state index in [1.165, 1.54) is 0 Å². The van der Waals surface area contributed by atoms with Crippen LogP contribution in [0.5, 0.6) is 0 Å². The number of fused-ring (bicyclic) bond motifs is 1. The van der Waals surface area contributed by atoms with Crippen molar-refractivity contribution in [2.45, 2.75) is 25.7 Å². The van der Waals surface area contributed by atoms with Crippen molar-refractivity contribution >= 4 is 17.3 Å². The highest BCUT2D eigenvalue weighted by Crippen LogP contribution is 2.33. The smallest absolute Gasteiger partial charge is 0.230 e. The van der Waals surface area contributed by atoms with Gasteiger partial charge in [0, 0.05) is 23.8 Å². The van der Waals surface area contributed by atoms with E-state index < -0.39 is 0 Å². The van der Waals surface area contributed by atoms with Gasteiger partial charge in [0.25, 0.3) is 0 Å². The standard InChI is InChI=1S/C16H23N3O/c1-18-10-7-12(8-11-18)16(20)19-9-3-4-13-14(17)5-2-6-15(13)19/h2,5-6,12H,3-4,7-11,17H2,1H3. The number of benzene rings is 1. The highest BCUT2D eigenvalue weighted by molar-refractivity contribution is 5.97. The summed E-state index contributed by atoms with van der Waals surface area (Å²) in [6, 6.07) is 5.93. The van der Waals surface area contributed by atoms with Gasteiger partial charge in [-0.2, -0.15) is 0 Å². The summed E-state index contributed by atoms with van der Waals surface area (Å²) >= 11 is 0. The van der Waals surface area contributed by atoms with E-state index in [0.717, 1.165) is 62.3 Å². The molecule has 4 heteroatoms. The summed E-state index contributed by atoms with van der Waals surface area (Å²) < 4.78 is 0. The first kappa shape index (κ1) is 13.4. The molecule has 2 aliphatic heterocycles. The Kier molecular flexibility index (Phi) is 3.66. The number of carbonyl (C=O) groups is 1. The van der Waals surface area contributed by atoms with Crippen molar-refractivity contribution in [2.75, 3.05) is 37.3 Å². The second-order valence-electron chi connectivity index (χ2n) is 6.02. The topological polar surface area (TPSA) is 49.6 Å². The van der Waals surface area contributed by atoms with Crippen LogP contribution in [0.4, 0.5) is 11.4 Å². The van der Waals surface area contributed by atoms with Crippen LogP contribution >= 0.6 is 0 Å². The Morgan fingerprint density at radius 2 is 2.00 bits per heavy atom. The molecule has 4 nitrogen and oxygen atoms in total. The lowest BCUT2D eigenvalue weighted by Crippen LogP contribution is -2.43. The van der Waals surface area contributed by atoms with Crippen LogP contribution in [0.25, 0.3) is 0 Å². The minimum absolute atomic E-state index is 0.179. The summed E-state index contributed by atoms with van der Waals surface area (Å²) in [6.07, 6.45) is 3.95. The van der Waals surface area contributed by atoms with Crippen LogP contribution in [-0.4, -0.2) is 37.5 Å². The number of carbonyl (C=O) groups excluding carboxylic acids is 1. The fraction of sp³-hybridized carbons (Fsp3) is 0.562. The highest BCUT2D eigenvalue weighted by atomic mass is 16.2. The molecule has 1 aromatic rings. The molecule has 0 unspecified atom stereocenters. The van der Waals surface area contributed by atoms with Crippen LogP contribution in [0.3, 0.4) is 0 Å². The number of piperidine rings is 1. The average molecular weight is 273 g/mol. The number of nitrogens with zero attached hydrogens (tertiary/aromatic N) is 2. The van der Waals surface area contributed by atoms with Gasteiger partial charge in [-0.05, 0) is 63.5 Å². The highest BCUT2D eigenvalue weighted by Gasteiger charge is 2.31. The number of rotatable bonds is 1. The van der Waals surface area contributed by atoms with Gasteiger partial charge in [-0.1, -0.05) is 6.07 Å². The number of nitrogen functional groups attached to an aromatic ring is 1. The molecule has 2 N–H and O–H groups in total. The molecule has 2 heterocycles. The Bertz CT molecular complexity index is 506. The van der Waals surface area contributed by atoms with Crippen LogP contribution in [0.15, 0.2) is 18.2 Å². The Morgan fingerprint density at radius 1 is 1.25 bits per heavy atom. The number of hydrogen-bond acceptors (Lipinski definition) is 3. The molecule has 1 aromatic carbocycles. The van der Waals surface area contributed by atoms with E-state index >= 15 is 0 Å². The zero-order valence-electron chi connectivity index (χ0n) is 12.1. The second-order valence-corrected chi connectivity index (χ2v) is 6.02. The summed E-state index contributed by atoms with van der Waals surface area (Å²) in [7, 11) is 2.12. The lowest BCUT2D eigenvalue weighted by atomic mass is 9.93. The fourth-order valence-electron chi connectivity index (χ4n) is 3.36. The van der Waals surface area contributed by atoms with Crippen molar-refractivity contribution in [3.8, 4) is 0 Å². The first-order valence-electron chi connectivity index (χ1n) is 7.54. The van der Waals surface area contributed by atoms with E-state index in [0.29, 0.717) is 5.91 Å². The molecule has 1 fully saturated rings. The molecule has 3 rings (SSSR count). The summed E-state index contributed by atoms with van der Waals surface area (Å²) in [5.74, 6) is 0.475. The maximum atomic E-state index is 12.8. The van der Waals surface area contributed by atoms with Gasteiger partial charge in [-0.25, -0.2) is 0 Å². The Balaban J connectivity index is 1.82. The first-order chi connectivity index (χ1) is 9.66. The van der Waals surface area contributed by atoms with Gasteiger partial charge < -0.3 is 15.5 Å². The molecule has 0 radical (unpaired) electrons. The molecular weight excluding hydrogens is 250 g/mol. The molecule has 20 heavy (non-hydrogen) atoms.